The molecule has 2 aromatic carbocycles. The van der Waals surface area contributed by atoms with Crippen molar-refractivity contribution in [1.29, 1.82) is 0 Å². The molecule has 30 heavy (non-hydrogen) atoms. The smallest absolute Gasteiger partial charge is 0.161 e. The maximum Gasteiger partial charge on any atom is 0.161 e. The molecule has 1 atom stereocenters. The highest BCUT2D eigenvalue weighted by atomic mass is 35.5. The Morgan fingerprint density at radius 2 is 1.90 bits per heavy atom. The van der Waals surface area contributed by atoms with Crippen molar-refractivity contribution in [2.24, 2.45) is 0 Å². The molecule has 5 nitrogen and oxygen atoms in total. The fourth-order valence-electron chi connectivity index (χ4n) is 3.76. The molecule has 1 N–H and O–H groups in total. The van der Waals surface area contributed by atoms with Crippen LogP contribution in [0.2, 0.25) is 5.02 Å². The molecular formula is C24H31ClN2O3. The van der Waals surface area contributed by atoms with Crippen molar-refractivity contribution in [3.05, 3.63) is 65.2 Å². The van der Waals surface area contributed by atoms with Gasteiger partial charge in [-0.2, -0.15) is 0 Å². The van der Waals surface area contributed by atoms with E-state index in [0.29, 0.717) is 18.0 Å². The molecule has 1 unspecified atom stereocenters. The Morgan fingerprint density at radius 3 is 2.60 bits per heavy atom. The Balaban J connectivity index is 1.48. The number of hydrogen-bond acceptors (Lipinski definition) is 5. The van der Waals surface area contributed by atoms with Gasteiger partial charge in [0.2, 0.25) is 0 Å². The van der Waals surface area contributed by atoms with Crippen LogP contribution in [0.1, 0.15) is 11.1 Å². The number of halogens is 1. The fourth-order valence-corrected chi connectivity index (χ4v) is 3.92. The maximum absolute atomic E-state index is 10.5. The number of hydrogen-bond donors (Lipinski definition) is 1. The molecule has 2 aromatic rings. The lowest BCUT2D eigenvalue weighted by atomic mass is 10.1. The van der Waals surface area contributed by atoms with Gasteiger partial charge in [0.15, 0.2) is 11.5 Å². The van der Waals surface area contributed by atoms with Crippen molar-refractivity contribution < 1.29 is 14.6 Å². The Labute approximate surface area is 184 Å². The first-order chi connectivity index (χ1) is 14.5. The number of ether oxygens (including phenoxy) is 2. The van der Waals surface area contributed by atoms with Crippen LogP contribution in [0.3, 0.4) is 0 Å². The van der Waals surface area contributed by atoms with Gasteiger partial charge in [-0.1, -0.05) is 29.8 Å². The van der Waals surface area contributed by atoms with E-state index in [-0.39, 0.29) is 6.61 Å². The second-order valence-corrected chi connectivity index (χ2v) is 8.10. The number of benzene rings is 2. The molecule has 1 aliphatic rings. The van der Waals surface area contributed by atoms with Gasteiger partial charge in [0.05, 0.1) is 7.11 Å². The topological polar surface area (TPSA) is 45.2 Å². The van der Waals surface area contributed by atoms with Crippen molar-refractivity contribution in [2.75, 3.05) is 51.3 Å². The Bertz CT molecular complexity index is 850. The van der Waals surface area contributed by atoms with E-state index in [1.807, 2.05) is 36.4 Å². The van der Waals surface area contributed by atoms with Crippen LogP contribution in [0.5, 0.6) is 11.5 Å². The van der Waals surface area contributed by atoms with Gasteiger partial charge in [-0.05, 0) is 48.7 Å². The van der Waals surface area contributed by atoms with Gasteiger partial charge < -0.3 is 19.5 Å². The number of aliphatic hydroxyl groups is 1. The number of rotatable bonds is 9. The maximum atomic E-state index is 10.5. The fraction of sp³-hybridized carbons (Fsp3) is 0.417. The van der Waals surface area contributed by atoms with E-state index in [1.54, 1.807) is 7.11 Å². The Morgan fingerprint density at radius 1 is 1.13 bits per heavy atom. The average molecular weight is 431 g/mol. The molecule has 0 saturated carbocycles. The lowest BCUT2D eigenvalue weighted by Crippen LogP contribution is -2.49. The summed E-state index contributed by atoms with van der Waals surface area (Å²) in [7, 11) is 1.62. The number of methoxy groups -OCH3 is 1. The first-order valence-corrected chi connectivity index (χ1v) is 10.7. The number of piperazine rings is 1. The van der Waals surface area contributed by atoms with Gasteiger partial charge in [-0.3, -0.25) is 4.90 Å². The predicted molar refractivity (Wildman–Crippen MR) is 123 cm³/mol. The third-order valence-electron chi connectivity index (χ3n) is 5.39. The number of β-amino-alcohol motifs (C(OH)–C–C–N with tert-alkyl or cyclic N) is 1. The van der Waals surface area contributed by atoms with Crippen LogP contribution in [0, 0.1) is 6.92 Å². The van der Waals surface area contributed by atoms with Crippen molar-refractivity contribution in [2.45, 2.75) is 19.4 Å². The minimum absolute atomic E-state index is 0.227. The summed E-state index contributed by atoms with van der Waals surface area (Å²) in [6.45, 7) is 10.3. The molecule has 0 aliphatic carbocycles. The van der Waals surface area contributed by atoms with Crippen molar-refractivity contribution in [3.63, 3.8) is 0 Å². The van der Waals surface area contributed by atoms with Gasteiger partial charge in [-0.25, -0.2) is 0 Å². The molecule has 0 spiro atoms. The van der Waals surface area contributed by atoms with Crippen LogP contribution < -0.4 is 14.4 Å². The van der Waals surface area contributed by atoms with Crippen LogP contribution in [0.4, 0.5) is 5.69 Å². The second-order valence-electron chi connectivity index (χ2n) is 7.66. The molecule has 0 radical (unpaired) electrons. The molecule has 1 heterocycles. The zero-order valence-electron chi connectivity index (χ0n) is 17.8. The molecule has 1 fully saturated rings. The minimum Gasteiger partial charge on any atom is -0.493 e. The van der Waals surface area contributed by atoms with Gasteiger partial charge in [0.1, 0.15) is 12.7 Å². The van der Waals surface area contributed by atoms with E-state index in [9.17, 15) is 5.11 Å². The molecule has 162 valence electrons. The van der Waals surface area contributed by atoms with Crippen LogP contribution >= 0.6 is 11.6 Å². The highest BCUT2D eigenvalue weighted by molar-refractivity contribution is 6.30. The lowest BCUT2D eigenvalue weighted by molar-refractivity contribution is 0.0653. The van der Waals surface area contributed by atoms with Crippen LogP contribution in [-0.4, -0.2) is 62.6 Å². The lowest BCUT2D eigenvalue weighted by Gasteiger charge is -2.37. The third kappa shape index (κ3) is 5.91. The standard InChI is InChI=1S/C24H31ClN2O3/c1-4-5-19-7-9-23(24(14-19)29-3)30-17-21(28)16-26-10-12-27(13-11-26)22-15-20(25)8-6-18(22)2/h4,6-9,14-15,21,28H,1,5,10-13,16-17H2,2-3H3. The van der Waals surface area contributed by atoms with E-state index >= 15 is 0 Å². The Hall–Kier alpha value is -2.21. The van der Waals surface area contributed by atoms with E-state index in [1.165, 1.54) is 11.3 Å². The summed E-state index contributed by atoms with van der Waals surface area (Å²) in [4.78, 5) is 4.63. The molecule has 3 rings (SSSR count). The Kier molecular flexibility index (Phi) is 8.02. The van der Waals surface area contributed by atoms with E-state index < -0.39 is 6.10 Å². The van der Waals surface area contributed by atoms with Crippen LogP contribution in [-0.2, 0) is 6.42 Å². The molecule has 1 aliphatic heterocycles. The van der Waals surface area contributed by atoms with Gasteiger partial charge in [0, 0.05) is 43.4 Å². The number of nitrogens with zero attached hydrogens (tertiary/aromatic N) is 2. The second kappa shape index (κ2) is 10.7. The van der Waals surface area contributed by atoms with Gasteiger partial charge in [-0.15, -0.1) is 6.58 Å². The number of aliphatic hydroxyl groups excluding tert-OH is 1. The molecule has 1 saturated heterocycles. The first-order valence-electron chi connectivity index (χ1n) is 10.3. The monoisotopic (exact) mass is 430 g/mol. The quantitative estimate of drug-likeness (QED) is 0.610. The summed E-state index contributed by atoms with van der Waals surface area (Å²) in [6, 6.07) is 11.8. The number of anilines is 1. The number of allylic oxidation sites excluding steroid dienone is 1. The molecule has 0 amide bonds. The summed E-state index contributed by atoms with van der Waals surface area (Å²) in [5, 5.41) is 11.2. The van der Waals surface area contributed by atoms with Crippen molar-refractivity contribution in [1.82, 2.24) is 4.90 Å². The molecule has 0 bridgehead atoms. The highest BCUT2D eigenvalue weighted by Crippen LogP contribution is 2.29. The molecular weight excluding hydrogens is 400 g/mol. The minimum atomic E-state index is -0.568. The molecule has 0 aromatic heterocycles. The number of aryl methyl sites for hydroxylation is 1. The van der Waals surface area contributed by atoms with E-state index in [2.05, 4.69) is 29.4 Å². The first kappa shape index (κ1) is 22.5. The zero-order chi connectivity index (χ0) is 21.5. The summed E-state index contributed by atoms with van der Waals surface area (Å²) < 4.78 is 11.3. The van der Waals surface area contributed by atoms with Crippen LogP contribution in [0.15, 0.2) is 49.1 Å². The normalized spacial score (nSPS) is 15.7. The molecule has 6 heteroatoms. The predicted octanol–water partition coefficient (Wildman–Crippen LogP) is 3.95. The summed E-state index contributed by atoms with van der Waals surface area (Å²) in [5.74, 6) is 1.32. The van der Waals surface area contributed by atoms with Crippen molar-refractivity contribution >= 4 is 17.3 Å². The third-order valence-corrected chi connectivity index (χ3v) is 5.63. The van der Waals surface area contributed by atoms with E-state index in [0.717, 1.165) is 43.2 Å². The SMILES string of the molecule is C=CCc1ccc(OCC(O)CN2CCN(c3cc(Cl)ccc3C)CC2)c(OC)c1. The average Bonchev–Trinajstić information content (AvgIpc) is 2.75. The summed E-state index contributed by atoms with van der Waals surface area (Å²) in [6.07, 6.45) is 2.06. The van der Waals surface area contributed by atoms with Gasteiger partial charge in [0.25, 0.3) is 0 Å². The largest absolute Gasteiger partial charge is 0.493 e. The zero-order valence-corrected chi connectivity index (χ0v) is 18.6. The summed E-state index contributed by atoms with van der Waals surface area (Å²) >= 11 is 6.17. The van der Waals surface area contributed by atoms with E-state index in [4.69, 9.17) is 21.1 Å². The highest BCUT2D eigenvalue weighted by Gasteiger charge is 2.21. The van der Waals surface area contributed by atoms with Gasteiger partial charge >= 0.3 is 0 Å². The van der Waals surface area contributed by atoms with Crippen molar-refractivity contribution in [3.8, 4) is 11.5 Å². The van der Waals surface area contributed by atoms with Crippen LogP contribution in [0.25, 0.3) is 0 Å². The summed E-state index contributed by atoms with van der Waals surface area (Å²) in [5.41, 5.74) is 3.54.